The largest absolute Gasteiger partial charge is 0.465 e. The highest BCUT2D eigenvalue weighted by Crippen LogP contribution is 2.29. The number of hydrogen-bond acceptors (Lipinski definition) is 2. The van der Waals surface area contributed by atoms with Crippen molar-refractivity contribution in [2.24, 2.45) is 0 Å². The molecule has 0 radical (unpaired) electrons. The van der Waals surface area contributed by atoms with Crippen LogP contribution in [0.15, 0.2) is 54.7 Å². The lowest BCUT2D eigenvalue weighted by Crippen LogP contribution is -2.07. The Labute approximate surface area is 139 Å². The second-order valence-corrected chi connectivity index (χ2v) is 5.11. The second kappa shape index (κ2) is 6.03. The summed E-state index contributed by atoms with van der Waals surface area (Å²) in [7, 11) is 1.22. The molecule has 1 heterocycles. The van der Waals surface area contributed by atoms with Crippen LogP contribution in [0.4, 0.5) is 13.2 Å². The first-order chi connectivity index (χ1) is 12.2. The number of carbonyl (C=O) groups is 1. The minimum absolute atomic E-state index is 0.0302. The summed E-state index contributed by atoms with van der Waals surface area (Å²) in [6, 6.07) is 10.3. The molecule has 0 atom stereocenters. The SMILES string of the molecule is [2H]C([2H])(c1ccc(C(F)(F)F)cc1)n1ccc2cccc(C(=O)OC)c21. The Morgan fingerprint density at radius 2 is 1.88 bits per heavy atom. The first-order valence-electron chi connectivity index (χ1n) is 8.03. The Hall–Kier alpha value is -2.76. The predicted molar refractivity (Wildman–Crippen MR) is 83.8 cm³/mol. The van der Waals surface area contributed by atoms with Gasteiger partial charge in [-0.25, -0.2) is 4.79 Å². The molecule has 3 rings (SSSR count). The first kappa shape index (κ1) is 13.7. The normalized spacial score (nSPS) is 13.5. The zero-order valence-electron chi connectivity index (χ0n) is 14.6. The lowest BCUT2D eigenvalue weighted by atomic mass is 10.1. The summed E-state index contributed by atoms with van der Waals surface area (Å²) >= 11 is 0. The van der Waals surface area contributed by atoms with Crippen LogP contribution in [-0.2, 0) is 17.4 Å². The third kappa shape index (κ3) is 2.99. The average Bonchev–Trinajstić information content (AvgIpc) is 3.05. The molecule has 0 saturated heterocycles. The summed E-state index contributed by atoms with van der Waals surface area (Å²) in [6.07, 6.45) is -3.04. The Balaban J connectivity index is 2.14. The quantitative estimate of drug-likeness (QED) is 0.660. The van der Waals surface area contributed by atoms with Gasteiger partial charge in [-0.1, -0.05) is 24.3 Å². The number of benzene rings is 2. The maximum atomic E-state index is 12.7. The number of fused-ring (bicyclic) bond motifs is 1. The van der Waals surface area contributed by atoms with Gasteiger partial charge >= 0.3 is 12.1 Å². The number of halogens is 3. The minimum Gasteiger partial charge on any atom is -0.465 e. The van der Waals surface area contributed by atoms with Crippen molar-refractivity contribution >= 4 is 16.9 Å². The van der Waals surface area contributed by atoms with Gasteiger partial charge < -0.3 is 9.30 Å². The zero-order chi connectivity index (χ0) is 19.1. The van der Waals surface area contributed by atoms with Gasteiger partial charge in [-0.3, -0.25) is 0 Å². The van der Waals surface area contributed by atoms with Gasteiger partial charge in [-0.15, -0.1) is 0 Å². The van der Waals surface area contributed by atoms with Gasteiger partial charge in [0.2, 0.25) is 0 Å². The van der Waals surface area contributed by atoms with E-state index in [4.69, 9.17) is 7.48 Å². The number of esters is 1. The smallest absolute Gasteiger partial charge is 0.416 e. The van der Waals surface area contributed by atoms with E-state index >= 15 is 0 Å². The van der Waals surface area contributed by atoms with Crippen molar-refractivity contribution in [3.05, 3.63) is 71.4 Å². The Morgan fingerprint density at radius 3 is 2.50 bits per heavy atom. The Morgan fingerprint density at radius 1 is 1.17 bits per heavy atom. The molecule has 3 nitrogen and oxygen atoms in total. The van der Waals surface area contributed by atoms with Gasteiger partial charge in [-0.05, 0) is 29.8 Å². The van der Waals surface area contributed by atoms with Crippen LogP contribution in [0.3, 0.4) is 0 Å². The van der Waals surface area contributed by atoms with E-state index in [1.807, 2.05) is 0 Å². The Kier molecular flexibility index (Phi) is 3.43. The van der Waals surface area contributed by atoms with Gasteiger partial charge in [0.25, 0.3) is 0 Å². The van der Waals surface area contributed by atoms with Crippen molar-refractivity contribution in [3.63, 3.8) is 0 Å². The molecule has 0 aliphatic rings. The van der Waals surface area contributed by atoms with Gasteiger partial charge in [0.1, 0.15) is 0 Å². The molecule has 0 spiro atoms. The monoisotopic (exact) mass is 335 g/mol. The van der Waals surface area contributed by atoms with Gasteiger partial charge in [0.15, 0.2) is 0 Å². The highest BCUT2D eigenvalue weighted by Gasteiger charge is 2.29. The summed E-state index contributed by atoms with van der Waals surface area (Å²) in [4.78, 5) is 12.0. The number of rotatable bonds is 3. The van der Waals surface area contributed by atoms with Crippen molar-refractivity contribution in [2.45, 2.75) is 12.7 Å². The maximum Gasteiger partial charge on any atom is 0.416 e. The van der Waals surface area contributed by atoms with Crippen molar-refractivity contribution in [1.82, 2.24) is 4.57 Å². The molecule has 6 heteroatoms. The van der Waals surface area contributed by atoms with Gasteiger partial charge in [0.05, 0.1) is 26.5 Å². The van der Waals surface area contributed by atoms with Crippen LogP contribution >= 0.6 is 0 Å². The van der Waals surface area contributed by atoms with E-state index in [9.17, 15) is 18.0 Å². The van der Waals surface area contributed by atoms with E-state index < -0.39 is 24.2 Å². The lowest BCUT2D eigenvalue weighted by molar-refractivity contribution is -0.137. The highest BCUT2D eigenvalue weighted by atomic mass is 19.4. The highest BCUT2D eigenvalue weighted by molar-refractivity contribution is 6.03. The van der Waals surface area contributed by atoms with Crippen molar-refractivity contribution in [1.29, 1.82) is 0 Å². The summed E-state index contributed by atoms with van der Waals surface area (Å²) in [5, 5.41) is 0.615. The number of alkyl halides is 3. The average molecular weight is 335 g/mol. The molecule has 1 aromatic heterocycles. The molecule has 124 valence electrons. The molecule has 0 fully saturated rings. The van der Waals surface area contributed by atoms with E-state index in [0.717, 1.165) is 24.3 Å². The molecular weight excluding hydrogens is 319 g/mol. The van der Waals surface area contributed by atoms with E-state index in [0.29, 0.717) is 10.9 Å². The van der Waals surface area contributed by atoms with Crippen molar-refractivity contribution in [3.8, 4) is 0 Å². The fraction of sp³-hybridized carbons (Fsp3) is 0.167. The molecule has 0 saturated carbocycles. The molecule has 2 aromatic carbocycles. The summed E-state index contributed by atoms with van der Waals surface area (Å²) in [5.41, 5.74) is -0.345. The number of methoxy groups -OCH3 is 1. The third-order valence-corrected chi connectivity index (χ3v) is 3.58. The van der Waals surface area contributed by atoms with E-state index in [1.165, 1.54) is 23.9 Å². The number of aromatic nitrogens is 1. The van der Waals surface area contributed by atoms with Crippen LogP contribution in [0.25, 0.3) is 10.9 Å². The maximum absolute atomic E-state index is 12.7. The molecular formula is C18H14F3NO2. The molecule has 3 aromatic rings. The molecule has 0 unspecified atom stereocenters. The first-order valence-corrected chi connectivity index (χ1v) is 7.03. The standard InChI is InChI=1S/C18H14F3NO2/c1-24-17(23)15-4-2-3-13-9-10-22(16(13)15)11-12-5-7-14(8-6-12)18(19,20)21/h2-10H,11H2,1H3/i11D2. The number of hydrogen-bond donors (Lipinski definition) is 0. The summed E-state index contributed by atoms with van der Waals surface area (Å²) in [6.45, 7) is -2.17. The Bertz CT molecular complexity index is 963. The van der Waals surface area contributed by atoms with Gasteiger partial charge in [-0.2, -0.15) is 13.2 Å². The van der Waals surface area contributed by atoms with E-state index in [1.54, 1.807) is 18.2 Å². The van der Waals surface area contributed by atoms with Crippen LogP contribution in [0.2, 0.25) is 0 Å². The molecule has 0 bridgehead atoms. The number of ether oxygens (including phenoxy) is 1. The van der Waals surface area contributed by atoms with E-state index in [2.05, 4.69) is 0 Å². The van der Waals surface area contributed by atoms with Crippen LogP contribution in [0.1, 0.15) is 24.2 Å². The number of carbonyl (C=O) groups excluding carboxylic acids is 1. The van der Waals surface area contributed by atoms with Crippen molar-refractivity contribution in [2.75, 3.05) is 7.11 Å². The topological polar surface area (TPSA) is 31.2 Å². The molecule has 0 N–H and O–H groups in total. The fourth-order valence-electron chi connectivity index (χ4n) is 2.43. The van der Waals surface area contributed by atoms with Crippen molar-refractivity contribution < 1.29 is 25.4 Å². The predicted octanol–water partition coefficient (Wildman–Crippen LogP) is 4.50. The molecule has 0 amide bonds. The van der Waals surface area contributed by atoms with Crippen LogP contribution in [-0.4, -0.2) is 17.6 Å². The van der Waals surface area contributed by atoms with Crippen LogP contribution in [0.5, 0.6) is 0 Å². The fourth-order valence-corrected chi connectivity index (χ4v) is 2.43. The summed E-state index contributed by atoms with van der Waals surface area (Å²) in [5.74, 6) is -0.626. The third-order valence-electron chi connectivity index (χ3n) is 3.58. The second-order valence-electron chi connectivity index (χ2n) is 5.11. The minimum atomic E-state index is -4.50. The number of para-hydroxylation sites is 1. The summed E-state index contributed by atoms with van der Waals surface area (Å²) < 4.78 is 61.0. The van der Waals surface area contributed by atoms with Gasteiger partial charge in [0, 0.05) is 18.1 Å². The molecule has 0 aliphatic carbocycles. The lowest BCUT2D eigenvalue weighted by Gasteiger charge is -2.11. The van der Waals surface area contributed by atoms with Crippen LogP contribution in [0, 0.1) is 0 Å². The zero-order valence-corrected chi connectivity index (χ0v) is 12.6. The van der Waals surface area contributed by atoms with E-state index in [-0.39, 0.29) is 11.1 Å². The number of nitrogens with zero attached hydrogens (tertiary/aromatic N) is 1. The molecule has 0 aliphatic heterocycles. The molecule has 24 heavy (non-hydrogen) atoms. The van der Waals surface area contributed by atoms with Crippen LogP contribution < -0.4 is 0 Å².